The van der Waals surface area contributed by atoms with Crippen LogP contribution in [0, 0.1) is 5.92 Å². The van der Waals surface area contributed by atoms with Crippen LogP contribution in [0.2, 0.25) is 0 Å². The van der Waals surface area contributed by atoms with E-state index in [1.165, 1.54) is 35.8 Å². The molecule has 0 saturated carbocycles. The molecule has 9 nitrogen and oxygen atoms in total. The topological polar surface area (TPSA) is 97.6 Å². The highest BCUT2D eigenvalue weighted by Crippen LogP contribution is 2.30. The maximum absolute atomic E-state index is 12.7. The van der Waals surface area contributed by atoms with Gasteiger partial charge in [0.05, 0.1) is 7.11 Å². The first-order valence-corrected chi connectivity index (χ1v) is 10.8. The molecule has 0 unspecified atom stereocenters. The molecule has 156 valence electrons. The largest absolute Gasteiger partial charge is 0.468 e. The molecule has 4 heterocycles. The second-order valence-electron chi connectivity index (χ2n) is 7.55. The van der Waals surface area contributed by atoms with Crippen LogP contribution in [0.25, 0.3) is 10.3 Å². The summed E-state index contributed by atoms with van der Waals surface area (Å²) in [6.45, 7) is 3.08. The molecule has 2 aromatic rings. The molecule has 10 heteroatoms. The van der Waals surface area contributed by atoms with Crippen LogP contribution in [-0.2, 0) is 20.9 Å². The smallest absolute Gasteiger partial charge is 0.325 e. The molecule has 2 saturated heterocycles. The Hall–Kier alpha value is -2.49. The molecular formula is C19H25N5O4S. The van der Waals surface area contributed by atoms with Crippen LogP contribution in [0.15, 0.2) is 11.1 Å². The Balaban J connectivity index is 1.44. The van der Waals surface area contributed by atoms with Crippen molar-refractivity contribution in [3.63, 3.8) is 0 Å². The Morgan fingerprint density at radius 3 is 2.59 bits per heavy atom. The number of likely N-dealkylation sites (tertiary alicyclic amines) is 1. The molecule has 0 spiro atoms. The van der Waals surface area contributed by atoms with Gasteiger partial charge in [0, 0.05) is 32.1 Å². The zero-order valence-corrected chi connectivity index (χ0v) is 17.3. The van der Waals surface area contributed by atoms with Crippen molar-refractivity contribution in [2.24, 2.45) is 5.92 Å². The van der Waals surface area contributed by atoms with Gasteiger partial charge in [-0.3, -0.25) is 19.0 Å². The number of nitrogens with zero attached hydrogens (tertiary/aromatic N) is 5. The molecule has 2 aliphatic heterocycles. The minimum Gasteiger partial charge on any atom is -0.468 e. The predicted octanol–water partition coefficient (Wildman–Crippen LogP) is 1.25. The summed E-state index contributed by atoms with van der Waals surface area (Å²) in [5.74, 6) is -0.131. The molecule has 0 bridgehead atoms. The molecule has 0 aliphatic carbocycles. The van der Waals surface area contributed by atoms with E-state index >= 15 is 0 Å². The van der Waals surface area contributed by atoms with Gasteiger partial charge in [0.25, 0.3) is 5.56 Å². The van der Waals surface area contributed by atoms with Crippen LogP contribution in [0.3, 0.4) is 0 Å². The molecule has 2 aliphatic rings. The minimum absolute atomic E-state index is 0.0779. The maximum atomic E-state index is 12.7. The highest BCUT2D eigenvalue weighted by atomic mass is 32.1. The third-order valence-corrected chi connectivity index (χ3v) is 6.78. The van der Waals surface area contributed by atoms with Gasteiger partial charge in [-0.25, -0.2) is 4.98 Å². The average Bonchev–Trinajstić information content (AvgIpc) is 3.21. The Morgan fingerprint density at radius 2 is 1.90 bits per heavy atom. The lowest BCUT2D eigenvalue weighted by Crippen LogP contribution is -2.44. The molecule has 1 amide bonds. The molecule has 4 rings (SSSR count). The van der Waals surface area contributed by atoms with Crippen LogP contribution in [0.5, 0.6) is 0 Å². The van der Waals surface area contributed by atoms with Gasteiger partial charge in [-0.1, -0.05) is 11.3 Å². The summed E-state index contributed by atoms with van der Waals surface area (Å²) in [4.78, 5) is 49.7. The lowest BCUT2D eigenvalue weighted by Gasteiger charge is -2.35. The van der Waals surface area contributed by atoms with E-state index in [1.54, 1.807) is 0 Å². The standard InChI is InChI=1S/C19H25N5O4S/c1-28-14(25)11-24-12-20-16-15(18(24)27)29-19(21-16)23-9-5-13(6-10-23)17(26)22-7-3-2-4-8-22/h12-13H,2-11H2,1H3. The van der Waals surface area contributed by atoms with E-state index in [0.717, 1.165) is 57.0 Å². The summed E-state index contributed by atoms with van der Waals surface area (Å²) in [6, 6.07) is 0. The number of aromatic nitrogens is 3. The summed E-state index contributed by atoms with van der Waals surface area (Å²) in [5, 5.41) is 0.740. The lowest BCUT2D eigenvalue weighted by atomic mass is 9.94. The normalized spacial score (nSPS) is 18.2. The summed E-state index contributed by atoms with van der Waals surface area (Å²) in [6.07, 6.45) is 6.36. The number of esters is 1. The number of rotatable bonds is 4. The number of fused-ring (bicyclic) bond motifs is 1. The van der Waals surface area contributed by atoms with Crippen molar-refractivity contribution in [1.82, 2.24) is 19.4 Å². The van der Waals surface area contributed by atoms with Crippen LogP contribution in [0.1, 0.15) is 32.1 Å². The van der Waals surface area contributed by atoms with Gasteiger partial charge < -0.3 is 14.5 Å². The number of ether oxygens (including phenoxy) is 1. The molecular weight excluding hydrogens is 394 g/mol. The van der Waals surface area contributed by atoms with Crippen molar-refractivity contribution in [3.05, 3.63) is 16.7 Å². The number of piperidine rings is 2. The minimum atomic E-state index is -0.501. The number of carbonyl (C=O) groups excluding carboxylic acids is 2. The fraction of sp³-hybridized carbons (Fsp3) is 0.632. The van der Waals surface area contributed by atoms with Gasteiger partial charge in [-0.15, -0.1) is 0 Å². The number of methoxy groups -OCH3 is 1. The molecule has 2 aromatic heterocycles. The van der Waals surface area contributed by atoms with E-state index in [2.05, 4.69) is 19.6 Å². The van der Waals surface area contributed by atoms with Crippen molar-refractivity contribution in [2.45, 2.75) is 38.6 Å². The van der Waals surface area contributed by atoms with Crippen LogP contribution < -0.4 is 10.5 Å². The fourth-order valence-electron chi connectivity index (χ4n) is 3.98. The van der Waals surface area contributed by atoms with Crippen LogP contribution >= 0.6 is 11.3 Å². The molecule has 0 radical (unpaired) electrons. The summed E-state index contributed by atoms with van der Waals surface area (Å²) < 4.78 is 6.28. The van der Waals surface area contributed by atoms with Crippen molar-refractivity contribution in [1.29, 1.82) is 0 Å². The van der Waals surface area contributed by atoms with Crippen LogP contribution in [-0.4, -0.2) is 64.6 Å². The average molecular weight is 420 g/mol. The third-order valence-electron chi connectivity index (χ3n) is 5.68. The van der Waals surface area contributed by atoms with Crippen molar-refractivity contribution >= 4 is 38.7 Å². The fourth-order valence-corrected chi connectivity index (χ4v) is 5.00. The van der Waals surface area contributed by atoms with E-state index in [1.807, 2.05) is 4.90 Å². The van der Waals surface area contributed by atoms with Gasteiger partial charge >= 0.3 is 5.97 Å². The summed E-state index contributed by atoms with van der Waals surface area (Å²) in [5.41, 5.74) is 0.0990. The second-order valence-corrected chi connectivity index (χ2v) is 8.53. The molecule has 0 aromatic carbocycles. The highest BCUT2D eigenvalue weighted by Gasteiger charge is 2.30. The number of hydrogen-bond donors (Lipinski definition) is 0. The van der Waals surface area contributed by atoms with E-state index < -0.39 is 5.97 Å². The summed E-state index contributed by atoms with van der Waals surface area (Å²) >= 11 is 1.29. The first-order valence-electron chi connectivity index (χ1n) is 10.0. The van der Waals surface area contributed by atoms with Gasteiger partial charge in [0.15, 0.2) is 10.8 Å². The Labute approximate surface area is 172 Å². The third kappa shape index (κ3) is 4.12. The van der Waals surface area contributed by atoms with E-state index in [9.17, 15) is 14.4 Å². The number of carbonyl (C=O) groups is 2. The van der Waals surface area contributed by atoms with Crippen molar-refractivity contribution in [3.8, 4) is 0 Å². The lowest BCUT2D eigenvalue weighted by molar-refractivity contribution is -0.141. The van der Waals surface area contributed by atoms with E-state index in [4.69, 9.17) is 0 Å². The number of amides is 1. The molecule has 0 N–H and O–H groups in total. The first-order chi connectivity index (χ1) is 14.1. The SMILES string of the molecule is COC(=O)Cn1cnc2nc(N3CCC(C(=O)N4CCCCC4)CC3)sc2c1=O. The second kappa shape index (κ2) is 8.48. The van der Waals surface area contributed by atoms with Gasteiger partial charge in [-0.05, 0) is 32.1 Å². The quantitative estimate of drug-likeness (QED) is 0.688. The van der Waals surface area contributed by atoms with E-state index in [0.29, 0.717) is 16.3 Å². The van der Waals surface area contributed by atoms with Gasteiger partial charge in [-0.2, -0.15) is 4.98 Å². The number of thiazole rings is 1. The Morgan fingerprint density at radius 1 is 1.17 bits per heavy atom. The maximum Gasteiger partial charge on any atom is 0.325 e. The zero-order chi connectivity index (χ0) is 20.4. The zero-order valence-electron chi connectivity index (χ0n) is 16.5. The van der Waals surface area contributed by atoms with Crippen molar-refractivity contribution in [2.75, 3.05) is 38.2 Å². The highest BCUT2D eigenvalue weighted by molar-refractivity contribution is 7.22. The molecule has 29 heavy (non-hydrogen) atoms. The van der Waals surface area contributed by atoms with Gasteiger partial charge in [0.2, 0.25) is 5.91 Å². The number of hydrogen-bond acceptors (Lipinski definition) is 8. The van der Waals surface area contributed by atoms with Crippen molar-refractivity contribution < 1.29 is 14.3 Å². The van der Waals surface area contributed by atoms with Crippen LogP contribution in [0.4, 0.5) is 5.13 Å². The Kier molecular flexibility index (Phi) is 5.79. The Bertz CT molecular complexity index is 957. The summed E-state index contributed by atoms with van der Waals surface area (Å²) in [7, 11) is 1.28. The first kappa shape index (κ1) is 19.8. The molecule has 0 atom stereocenters. The monoisotopic (exact) mass is 419 g/mol. The van der Waals surface area contributed by atoms with Gasteiger partial charge in [0.1, 0.15) is 17.6 Å². The predicted molar refractivity (Wildman–Crippen MR) is 109 cm³/mol. The molecule has 2 fully saturated rings. The number of anilines is 1. The van der Waals surface area contributed by atoms with E-state index in [-0.39, 0.29) is 18.0 Å².